The molecule has 0 heterocycles. The zero-order chi connectivity index (χ0) is 10.5. The number of hydrogen-bond donors (Lipinski definition) is 1. The van der Waals surface area contributed by atoms with Crippen molar-refractivity contribution in [3.8, 4) is 0 Å². The Kier molecular flexibility index (Phi) is 13.9. The number of carboxylic acid groups (broad SMARTS) is 1. The maximum absolute atomic E-state index is 9.75. The average molecular weight is 182 g/mol. The Morgan fingerprint density at radius 2 is 1.62 bits per heavy atom. The Morgan fingerprint density at radius 1 is 1.08 bits per heavy atom. The number of aliphatic carboxylic acids is 1. The lowest BCUT2D eigenvalue weighted by Gasteiger charge is -1.72. The molecule has 0 aliphatic rings. The van der Waals surface area contributed by atoms with Crippen molar-refractivity contribution >= 4 is 12.3 Å². The first-order valence-electron chi connectivity index (χ1n) is 3.77. The van der Waals surface area contributed by atoms with E-state index in [0.717, 1.165) is 12.4 Å². The lowest BCUT2D eigenvalue weighted by Crippen LogP contribution is -1.83. The topological polar surface area (TPSA) is 54.4 Å². The summed E-state index contributed by atoms with van der Waals surface area (Å²) in [6.45, 7) is 3.63. The highest BCUT2D eigenvalue weighted by atomic mass is 16.4. The van der Waals surface area contributed by atoms with Gasteiger partial charge in [-0.2, -0.15) is 0 Å². The van der Waals surface area contributed by atoms with Crippen LogP contribution in [0.1, 0.15) is 13.8 Å². The van der Waals surface area contributed by atoms with Gasteiger partial charge in [0.05, 0.1) is 0 Å². The highest BCUT2D eigenvalue weighted by molar-refractivity contribution is 5.80. The molecule has 72 valence electrons. The van der Waals surface area contributed by atoms with E-state index in [1.54, 1.807) is 25.2 Å². The Hall–Kier alpha value is -1.64. The summed E-state index contributed by atoms with van der Waals surface area (Å²) in [5.41, 5.74) is 0. The highest BCUT2D eigenvalue weighted by Crippen LogP contribution is 1.74. The van der Waals surface area contributed by atoms with Crippen LogP contribution in [0.5, 0.6) is 0 Å². The summed E-state index contributed by atoms with van der Waals surface area (Å²) in [7, 11) is 0. The van der Waals surface area contributed by atoms with Gasteiger partial charge in [0.1, 0.15) is 6.29 Å². The average Bonchev–Trinajstić information content (AvgIpc) is 2.07. The lowest BCUT2D eigenvalue weighted by atomic mass is 10.4. The fourth-order valence-electron chi connectivity index (χ4n) is 0.328. The molecule has 0 saturated heterocycles. The molecule has 0 radical (unpaired) electrons. The van der Waals surface area contributed by atoms with Crippen molar-refractivity contribution in [3.63, 3.8) is 0 Å². The molecule has 0 atom stereocenters. The first-order chi connectivity index (χ1) is 6.18. The van der Waals surface area contributed by atoms with E-state index in [0.29, 0.717) is 0 Å². The minimum Gasteiger partial charge on any atom is -0.478 e. The van der Waals surface area contributed by atoms with Crippen LogP contribution in [-0.2, 0) is 9.59 Å². The molecular formula is C10H14O3. The van der Waals surface area contributed by atoms with Gasteiger partial charge in [-0.05, 0) is 19.9 Å². The summed E-state index contributed by atoms with van der Waals surface area (Å²) in [6.07, 6.45) is 9.86. The third kappa shape index (κ3) is 25.2. The van der Waals surface area contributed by atoms with Crippen molar-refractivity contribution in [2.45, 2.75) is 13.8 Å². The second-order valence-electron chi connectivity index (χ2n) is 1.89. The van der Waals surface area contributed by atoms with Crippen molar-refractivity contribution in [2.75, 3.05) is 0 Å². The second kappa shape index (κ2) is 13.0. The number of aldehydes is 1. The Labute approximate surface area is 78.1 Å². The van der Waals surface area contributed by atoms with Crippen LogP contribution >= 0.6 is 0 Å². The van der Waals surface area contributed by atoms with Gasteiger partial charge in [-0.3, -0.25) is 4.79 Å². The first-order valence-corrected chi connectivity index (χ1v) is 3.77. The van der Waals surface area contributed by atoms with Gasteiger partial charge < -0.3 is 5.11 Å². The van der Waals surface area contributed by atoms with Crippen LogP contribution in [-0.4, -0.2) is 17.4 Å². The zero-order valence-corrected chi connectivity index (χ0v) is 7.81. The molecule has 0 unspecified atom stereocenters. The molecule has 0 aliphatic carbocycles. The van der Waals surface area contributed by atoms with E-state index in [4.69, 9.17) is 5.11 Å². The number of rotatable bonds is 3. The van der Waals surface area contributed by atoms with Gasteiger partial charge in [0.2, 0.25) is 0 Å². The number of carboxylic acids is 1. The van der Waals surface area contributed by atoms with Gasteiger partial charge in [-0.15, -0.1) is 0 Å². The Morgan fingerprint density at radius 3 is 1.85 bits per heavy atom. The first kappa shape index (κ1) is 13.9. The van der Waals surface area contributed by atoms with E-state index in [-0.39, 0.29) is 0 Å². The molecule has 0 aromatic heterocycles. The molecule has 0 aliphatic heterocycles. The summed E-state index contributed by atoms with van der Waals surface area (Å²) >= 11 is 0. The molecule has 0 aromatic rings. The van der Waals surface area contributed by atoms with E-state index in [1.807, 2.05) is 6.92 Å². The predicted octanol–water partition coefficient (Wildman–Crippen LogP) is 1.96. The molecule has 0 spiro atoms. The Bertz CT molecular complexity index is 212. The molecule has 0 saturated carbocycles. The quantitative estimate of drug-likeness (QED) is 0.412. The molecule has 0 bridgehead atoms. The minimum atomic E-state index is -0.914. The van der Waals surface area contributed by atoms with Crippen LogP contribution in [0.2, 0.25) is 0 Å². The number of carbonyl (C=O) groups excluding carboxylic acids is 1. The second-order valence-corrected chi connectivity index (χ2v) is 1.89. The van der Waals surface area contributed by atoms with Gasteiger partial charge in [-0.25, -0.2) is 4.79 Å². The van der Waals surface area contributed by atoms with Crippen LogP contribution in [0, 0.1) is 0 Å². The van der Waals surface area contributed by atoms with Crippen molar-refractivity contribution in [2.24, 2.45) is 0 Å². The lowest BCUT2D eigenvalue weighted by molar-refractivity contribution is -0.131. The van der Waals surface area contributed by atoms with Crippen molar-refractivity contribution < 1.29 is 14.7 Å². The van der Waals surface area contributed by atoms with E-state index in [9.17, 15) is 9.59 Å². The molecule has 0 rings (SSSR count). The summed E-state index contributed by atoms with van der Waals surface area (Å²) in [6, 6.07) is 0. The fraction of sp³-hybridized carbons (Fsp3) is 0.200. The van der Waals surface area contributed by atoms with Gasteiger partial charge in [0.15, 0.2) is 0 Å². The van der Waals surface area contributed by atoms with Gasteiger partial charge in [0.25, 0.3) is 0 Å². The third-order valence-electron chi connectivity index (χ3n) is 0.813. The van der Waals surface area contributed by atoms with Crippen LogP contribution < -0.4 is 0 Å². The van der Waals surface area contributed by atoms with Crippen LogP contribution in [0.25, 0.3) is 0 Å². The molecule has 3 nitrogen and oxygen atoms in total. The Balaban J connectivity index is 0. The van der Waals surface area contributed by atoms with Crippen LogP contribution in [0.15, 0.2) is 36.5 Å². The van der Waals surface area contributed by atoms with E-state index >= 15 is 0 Å². The van der Waals surface area contributed by atoms with E-state index in [1.165, 1.54) is 12.2 Å². The van der Waals surface area contributed by atoms with E-state index < -0.39 is 5.97 Å². The largest absolute Gasteiger partial charge is 0.478 e. The smallest absolute Gasteiger partial charge is 0.328 e. The zero-order valence-electron chi connectivity index (χ0n) is 7.81. The van der Waals surface area contributed by atoms with Crippen LogP contribution in [0.3, 0.4) is 0 Å². The summed E-state index contributed by atoms with van der Waals surface area (Å²) in [5.74, 6) is -0.914. The fourth-order valence-corrected chi connectivity index (χ4v) is 0.328. The van der Waals surface area contributed by atoms with Gasteiger partial charge in [0, 0.05) is 6.08 Å². The molecule has 0 amide bonds. The summed E-state index contributed by atoms with van der Waals surface area (Å²) in [5, 5.41) is 8.02. The van der Waals surface area contributed by atoms with Gasteiger partial charge >= 0.3 is 5.97 Å². The third-order valence-corrected chi connectivity index (χ3v) is 0.813. The molecule has 3 heteroatoms. The molecule has 0 fully saturated rings. The van der Waals surface area contributed by atoms with Crippen molar-refractivity contribution in [1.29, 1.82) is 0 Å². The normalized spacial score (nSPS) is 10.3. The monoisotopic (exact) mass is 182 g/mol. The SMILES string of the molecule is C/C=C/C=C/C(=O)O.C/C=C/C=O. The summed E-state index contributed by atoms with van der Waals surface area (Å²) < 4.78 is 0. The molecule has 0 aromatic carbocycles. The van der Waals surface area contributed by atoms with Crippen molar-refractivity contribution in [1.82, 2.24) is 0 Å². The number of hydrogen-bond acceptors (Lipinski definition) is 2. The number of allylic oxidation sites excluding steroid dienone is 5. The maximum Gasteiger partial charge on any atom is 0.328 e. The van der Waals surface area contributed by atoms with Crippen LogP contribution in [0.4, 0.5) is 0 Å². The maximum atomic E-state index is 9.75. The minimum absolute atomic E-state index is 0.750. The highest BCUT2D eigenvalue weighted by Gasteiger charge is 1.78. The van der Waals surface area contributed by atoms with Crippen molar-refractivity contribution in [3.05, 3.63) is 36.5 Å². The van der Waals surface area contributed by atoms with Gasteiger partial charge in [-0.1, -0.05) is 24.3 Å². The predicted molar refractivity (Wildman–Crippen MR) is 52.5 cm³/mol. The van der Waals surface area contributed by atoms with E-state index in [2.05, 4.69) is 0 Å². The molecular weight excluding hydrogens is 168 g/mol. The summed E-state index contributed by atoms with van der Waals surface area (Å²) in [4.78, 5) is 19.1. The number of carbonyl (C=O) groups is 2. The molecule has 1 N–H and O–H groups in total. The molecule has 13 heavy (non-hydrogen) atoms. The standard InChI is InChI=1S/C6H8O2.C4H6O/c1-2-3-4-5-6(7)8;1-2-3-4-5/h2-5H,1H3,(H,7,8);2-4H,1H3/b3-2+,5-4+;3-2+.